The van der Waals surface area contributed by atoms with Gasteiger partial charge in [-0.25, -0.2) is 0 Å². The van der Waals surface area contributed by atoms with Gasteiger partial charge in [-0.1, -0.05) is 43.7 Å². The number of aliphatic hydroxyl groups excluding tert-OH is 1. The van der Waals surface area contributed by atoms with Crippen molar-refractivity contribution in [1.82, 2.24) is 5.32 Å². The fourth-order valence-corrected chi connectivity index (χ4v) is 2.86. The maximum absolute atomic E-state index is 9.76. The molecule has 0 heterocycles. The number of rotatable bonds is 5. The van der Waals surface area contributed by atoms with E-state index in [0.29, 0.717) is 12.1 Å². The first-order valence-corrected chi connectivity index (χ1v) is 7.39. The van der Waals surface area contributed by atoms with Crippen LogP contribution in [0.15, 0.2) is 24.3 Å². The number of hydrogen-bond donors (Lipinski definition) is 2. The van der Waals surface area contributed by atoms with Crippen LogP contribution in [0.4, 0.5) is 0 Å². The van der Waals surface area contributed by atoms with Gasteiger partial charge in [-0.15, -0.1) is 0 Å². The van der Waals surface area contributed by atoms with E-state index in [1.807, 2.05) is 0 Å². The number of aliphatic hydroxyl groups is 1. The molecule has 1 aliphatic carbocycles. The SMILES string of the molecule is Cc1cccc(CCC(C)NC2CC(O)C2(C)C)c1. The lowest BCUT2D eigenvalue weighted by Crippen LogP contribution is -2.61. The van der Waals surface area contributed by atoms with E-state index in [4.69, 9.17) is 0 Å². The lowest BCUT2D eigenvalue weighted by Gasteiger charge is -2.50. The molecule has 0 amide bonds. The molecular formula is C17H27NO. The molecule has 2 heteroatoms. The van der Waals surface area contributed by atoms with Crippen molar-refractivity contribution in [3.05, 3.63) is 35.4 Å². The molecule has 1 aliphatic rings. The van der Waals surface area contributed by atoms with E-state index >= 15 is 0 Å². The average Bonchev–Trinajstić information content (AvgIpc) is 2.36. The quantitative estimate of drug-likeness (QED) is 0.854. The fraction of sp³-hybridized carbons (Fsp3) is 0.647. The lowest BCUT2D eigenvalue weighted by molar-refractivity contribution is -0.0755. The zero-order chi connectivity index (χ0) is 14.0. The first-order valence-electron chi connectivity index (χ1n) is 7.39. The molecule has 2 rings (SSSR count). The minimum absolute atomic E-state index is 0.0254. The smallest absolute Gasteiger partial charge is 0.0621 e. The summed E-state index contributed by atoms with van der Waals surface area (Å²) in [5.41, 5.74) is 2.78. The van der Waals surface area contributed by atoms with Crippen LogP contribution >= 0.6 is 0 Å². The van der Waals surface area contributed by atoms with Gasteiger partial charge in [0.2, 0.25) is 0 Å². The standard InChI is InChI=1S/C17H27NO/c1-12-6-5-7-14(10-12)9-8-13(2)18-15-11-16(19)17(15,3)4/h5-7,10,13,15-16,18-19H,8-9,11H2,1-4H3. The molecule has 3 atom stereocenters. The molecule has 1 saturated carbocycles. The van der Waals surface area contributed by atoms with E-state index in [-0.39, 0.29) is 11.5 Å². The molecule has 106 valence electrons. The first-order chi connectivity index (χ1) is 8.89. The molecular weight excluding hydrogens is 234 g/mol. The summed E-state index contributed by atoms with van der Waals surface area (Å²) in [4.78, 5) is 0. The molecule has 0 saturated heterocycles. The van der Waals surface area contributed by atoms with Crippen molar-refractivity contribution in [3.8, 4) is 0 Å². The topological polar surface area (TPSA) is 32.3 Å². The Hall–Kier alpha value is -0.860. The lowest BCUT2D eigenvalue weighted by atomic mass is 9.64. The fourth-order valence-electron chi connectivity index (χ4n) is 2.86. The van der Waals surface area contributed by atoms with Crippen molar-refractivity contribution in [3.63, 3.8) is 0 Å². The van der Waals surface area contributed by atoms with Crippen LogP contribution in [0.25, 0.3) is 0 Å². The van der Waals surface area contributed by atoms with Crippen LogP contribution in [0.2, 0.25) is 0 Å². The Kier molecular flexibility index (Phi) is 4.32. The van der Waals surface area contributed by atoms with Crippen LogP contribution < -0.4 is 5.32 Å². The highest BCUT2D eigenvalue weighted by molar-refractivity contribution is 5.22. The Bertz CT molecular complexity index is 427. The summed E-state index contributed by atoms with van der Waals surface area (Å²) in [6.07, 6.45) is 3.01. The monoisotopic (exact) mass is 261 g/mol. The Morgan fingerprint density at radius 3 is 2.74 bits per heavy atom. The van der Waals surface area contributed by atoms with Gasteiger partial charge in [0.1, 0.15) is 0 Å². The maximum Gasteiger partial charge on any atom is 0.0621 e. The average molecular weight is 261 g/mol. The van der Waals surface area contributed by atoms with Crippen LogP contribution in [-0.2, 0) is 6.42 Å². The number of aryl methyl sites for hydroxylation is 2. The van der Waals surface area contributed by atoms with Crippen molar-refractivity contribution >= 4 is 0 Å². The Morgan fingerprint density at radius 1 is 1.42 bits per heavy atom. The molecule has 0 radical (unpaired) electrons. The Morgan fingerprint density at radius 2 is 2.16 bits per heavy atom. The van der Waals surface area contributed by atoms with Crippen molar-refractivity contribution in [1.29, 1.82) is 0 Å². The van der Waals surface area contributed by atoms with Crippen molar-refractivity contribution < 1.29 is 5.11 Å². The predicted molar refractivity (Wildman–Crippen MR) is 80.3 cm³/mol. The Labute approximate surface area is 117 Å². The summed E-state index contributed by atoms with van der Waals surface area (Å²) in [6.45, 7) is 8.68. The molecule has 0 bridgehead atoms. The van der Waals surface area contributed by atoms with E-state index < -0.39 is 0 Å². The van der Waals surface area contributed by atoms with E-state index in [9.17, 15) is 5.11 Å². The van der Waals surface area contributed by atoms with Crippen LogP contribution in [0.1, 0.15) is 44.7 Å². The zero-order valence-corrected chi connectivity index (χ0v) is 12.6. The van der Waals surface area contributed by atoms with E-state index in [1.165, 1.54) is 11.1 Å². The van der Waals surface area contributed by atoms with Gasteiger partial charge < -0.3 is 10.4 Å². The van der Waals surface area contributed by atoms with Gasteiger partial charge in [0.05, 0.1) is 6.10 Å². The number of nitrogens with one attached hydrogen (secondary N) is 1. The maximum atomic E-state index is 9.76. The van der Waals surface area contributed by atoms with Crippen molar-refractivity contribution in [2.45, 2.75) is 65.1 Å². The highest BCUT2D eigenvalue weighted by atomic mass is 16.3. The summed E-state index contributed by atoms with van der Waals surface area (Å²) in [6, 6.07) is 9.70. The largest absolute Gasteiger partial charge is 0.392 e. The third-order valence-electron chi connectivity index (χ3n) is 4.65. The first kappa shape index (κ1) is 14.5. The molecule has 3 unspecified atom stereocenters. The third kappa shape index (κ3) is 3.37. The minimum atomic E-state index is -0.144. The Balaban J connectivity index is 1.78. The van der Waals surface area contributed by atoms with Crippen LogP contribution in [-0.4, -0.2) is 23.3 Å². The molecule has 2 N–H and O–H groups in total. The highest BCUT2D eigenvalue weighted by Gasteiger charge is 2.47. The van der Waals surface area contributed by atoms with Gasteiger partial charge in [-0.05, 0) is 38.7 Å². The molecule has 19 heavy (non-hydrogen) atoms. The predicted octanol–water partition coefficient (Wildman–Crippen LogP) is 3.07. The highest BCUT2D eigenvalue weighted by Crippen LogP contribution is 2.40. The van der Waals surface area contributed by atoms with Crippen LogP contribution in [0.5, 0.6) is 0 Å². The second-order valence-electron chi connectivity index (χ2n) is 6.72. The van der Waals surface area contributed by atoms with Gasteiger partial charge in [0.25, 0.3) is 0 Å². The molecule has 1 aromatic carbocycles. The molecule has 0 spiro atoms. The molecule has 0 aromatic heterocycles. The van der Waals surface area contributed by atoms with E-state index in [2.05, 4.69) is 57.3 Å². The summed E-state index contributed by atoms with van der Waals surface area (Å²) in [7, 11) is 0. The van der Waals surface area contributed by atoms with E-state index in [0.717, 1.165) is 19.3 Å². The molecule has 1 fully saturated rings. The van der Waals surface area contributed by atoms with Gasteiger partial charge in [-0.2, -0.15) is 0 Å². The van der Waals surface area contributed by atoms with E-state index in [1.54, 1.807) is 0 Å². The van der Waals surface area contributed by atoms with Gasteiger partial charge >= 0.3 is 0 Å². The van der Waals surface area contributed by atoms with Gasteiger partial charge in [0, 0.05) is 17.5 Å². The summed E-state index contributed by atoms with van der Waals surface area (Å²) < 4.78 is 0. The molecule has 0 aliphatic heterocycles. The second kappa shape index (κ2) is 5.64. The summed E-state index contributed by atoms with van der Waals surface area (Å²) in [5.74, 6) is 0. The number of benzene rings is 1. The van der Waals surface area contributed by atoms with Crippen molar-refractivity contribution in [2.24, 2.45) is 5.41 Å². The summed E-state index contributed by atoms with van der Waals surface area (Å²) in [5, 5.41) is 13.4. The van der Waals surface area contributed by atoms with Gasteiger partial charge in [0.15, 0.2) is 0 Å². The van der Waals surface area contributed by atoms with Crippen molar-refractivity contribution in [2.75, 3.05) is 0 Å². The van der Waals surface area contributed by atoms with Crippen LogP contribution in [0.3, 0.4) is 0 Å². The molecule has 1 aromatic rings. The third-order valence-corrected chi connectivity index (χ3v) is 4.65. The van der Waals surface area contributed by atoms with Gasteiger partial charge in [-0.3, -0.25) is 0 Å². The minimum Gasteiger partial charge on any atom is -0.392 e. The summed E-state index contributed by atoms with van der Waals surface area (Å²) >= 11 is 0. The zero-order valence-electron chi connectivity index (χ0n) is 12.6. The second-order valence-corrected chi connectivity index (χ2v) is 6.72. The number of hydrogen-bond acceptors (Lipinski definition) is 2. The van der Waals surface area contributed by atoms with Crippen LogP contribution in [0, 0.1) is 12.3 Å². The normalized spacial score (nSPS) is 26.8. The molecule has 2 nitrogen and oxygen atoms in total.